The van der Waals surface area contributed by atoms with Crippen LogP contribution in [0.1, 0.15) is 36.0 Å². The van der Waals surface area contributed by atoms with Crippen molar-refractivity contribution in [3.8, 4) is 6.07 Å². The number of nitriles is 1. The normalized spacial score (nSPS) is 16.4. The molecular weight excluding hydrogens is 265 g/mol. The van der Waals surface area contributed by atoms with Crippen LogP contribution in [-0.2, 0) is 0 Å². The van der Waals surface area contributed by atoms with Gasteiger partial charge in [-0.05, 0) is 31.7 Å². The van der Waals surface area contributed by atoms with Crippen LogP contribution in [0.3, 0.4) is 0 Å². The van der Waals surface area contributed by atoms with Gasteiger partial charge >= 0.3 is 0 Å². The lowest BCUT2D eigenvalue weighted by molar-refractivity contribution is -0.385. The van der Waals surface area contributed by atoms with Crippen molar-refractivity contribution >= 4 is 11.6 Å². The van der Waals surface area contributed by atoms with Crippen LogP contribution in [0.5, 0.6) is 0 Å². The molecular formula is C13H12FN3O3. The molecule has 0 bridgehead atoms. The maximum atomic E-state index is 13.7. The van der Waals surface area contributed by atoms with Crippen LogP contribution in [0.2, 0.25) is 0 Å². The number of carbonyl (C=O) groups excluding carboxylic acids is 1. The van der Waals surface area contributed by atoms with Crippen molar-refractivity contribution in [2.45, 2.75) is 31.2 Å². The van der Waals surface area contributed by atoms with Crippen LogP contribution in [0, 0.1) is 27.3 Å². The van der Waals surface area contributed by atoms with E-state index in [2.05, 4.69) is 11.4 Å². The summed E-state index contributed by atoms with van der Waals surface area (Å²) in [5.74, 6) is -1.69. The first-order chi connectivity index (χ1) is 9.47. The molecule has 7 heteroatoms. The summed E-state index contributed by atoms with van der Waals surface area (Å²) in [5.41, 5.74) is -1.67. The van der Waals surface area contributed by atoms with Gasteiger partial charge in [0.1, 0.15) is 11.4 Å². The van der Waals surface area contributed by atoms with E-state index in [9.17, 15) is 19.3 Å². The van der Waals surface area contributed by atoms with E-state index < -0.39 is 27.9 Å². The molecule has 1 aliphatic carbocycles. The lowest BCUT2D eigenvalue weighted by Gasteiger charge is -2.22. The highest BCUT2D eigenvalue weighted by atomic mass is 19.1. The number of nitrogens with one attached hydrogen (secondary N) is 1. The largest absolute Gasteiger partial charge is 0.334 e. The van der Waals surface area contributed by atoms with Crippen LogP contribution in [-0.4, -0.2) is 16.4 Å². The maximum absolute atomic E-state index is 13.7. The Bertz CT molecular complexity index is 603. The van der Waals surface area contributed by atoms with Crippen LogP contribution in [0.15, 0.2) is 18.2 Å². The van der Waals surface area contributed by atoms with Gasteiger partial charge in [0.15, 0.2) is 0 Å². The maximum Gasteiger partial charge on any atom is 0.272 e. The molecule has 0 heterocycles. The summed E-state index contributed by atoms with van der Waals surface area (Å²) in [6.07, 6.45) is 2.72. The number of benzene rings is 1. The first-order valence-electron chi connectivity index (χ1n) is 6.15. The van der Waals surface area contributed by atoms with Crippen molar-refractivity contribution in [3.63, 3.8) is 0 Å². The lowest BCUT2D eigenvalue weighted by Crippen LogP contribution is -2.45. The minimum atomic E-state index is -0.970. The second-order valence-electron chi connectivity index (χ2n) is 4.78. The third-order valence-electron chi connectivity index (χ3n) is 3.43. The quantitative estimate of drug-likeness (QED) is 0.677. The summed E-state index contributed by atoms with van der Waals surface area (Å²) in [6.45, 7) is 0. The summed E-state index contributed by atoms with van der Waals surface area (Å²) < 4.78 is 13.7. The molecule has 20 heavy (non-hydrogen) atoms. The van der Waals surface area contributed by atoms with E-state index in [1.807, 2.05) is 0 Å². The number of carbonyl (C=O) groups is 1. The average Bonchev–Trinajstić information content (AvgIpc) is 2.87. The molecule has 0 spiro atoms. The van der Waals surface area contributed by atoms with Crippen molar-refractivity contribution in [2.24, 2.45) is 0 Å². The third kappa shape index (κ3) is 2.59. The third-order valence-corrected chi connectivity index (χ3v) is 3.43. The number of nitrogens with zero attached hydrogens (tertiary/aromatic N) is 2. The minimum Gasteiger partial charge on any atom is -0.334 e. The summed E-state index contributed by atoms with van der Waals surface area (Å²) in [4.78, 5) is 21.8. The van der Waals surface area contributed by atoms with E-state index in [4.69, 9.17) is 5.26 Å². The zero-order valence-electron chi connectivity index (χ0n) is 10.6. The number of nitro groups is 1. The van der Waals surface area contributed by atoms with Gasteiger partial charge in [0.25, 0.3) is 11.6 Å². The fourth-order valence-electron chi connectivity index (χ4n) is 2.33. The van der Waals surface area contributed by atoms with Crippen molar-refractivity contribution in [3.05, 3.63) is 39.7 Å². The Morgan fingerprint density at radius 3 is 2.60 bits per heavy atom. The Morgan fingerprint density at radius 1 is 1.45 bits per heavy atom. The SMILES string of the molecule is N#CC1(NC(=O)c2ccc([N+](=O)[O-])cc2F)CCCC1. The highest BCUT2D eigenvalue weighted by Crippen LogP contribution is 2.29. The first kappa shape index (κ1) is 13.9. The molecule has 1 N–H and O–H groups in total. The molecule has 0 aliphatic heterocycles. The number of hydrogen-bond acceptors (Lipinski definition) is 4. The molecule has 0 aromatic heterocycles. The summed E-state index contributed by atoms with van der Waals surface area (Å²) in [6, 6.07) is 4.88. The van der Waals surface area contributed by atoms with E-state index in [1.54, 1.807) is 0 Å². The Morgan fingerprint density at radius 2 is 2.10 bits per heavy atom. The standard InChI is InChI=1S/C13H12FN3O3/c14-11-7-9(17(19)20)3-4-10(11)12(18)16-13(8-15)5-1-2-6-13/h3-4,7H,1-2,5-6H2,(H,16,18). The lowest BCUT2D eigenvalue weighted by atomic mass is 9.99. The molecule has 1 saturated carbocycles. The number of non-ortho nitro benzene ring substituents is 1. The van der Waals surface area contributed by atoms with Crippen LogP contribution >= 0.6 is 0 Å². The predicted octanol–water partition coefficient (Wildman–Crippen LogP) is 2.30. The van der Waals surface area contributed by atoms with Crippen LogP contribution in [0.4, 0.5) is 10.1 Å². The number of hydrogen-bond donors (Lipinski definition) is 1. The fourth-order valence-corrected chi connectivity index (χ4v) is 2.33. The molecule has 1 aromatic carbocycles. The summed E-state index contributed by atoms with van der Waals surface area (Å²) >= 11 is 0. The molecule has 1 aromatic rings. The minimum absolute atomic E-state index is 0.294. The first-order valence-corrected chi connectivity index (χ1v) is 6.15. The Kier molecular flexibility index (Phi) is 3.66. The van der Waals surface area contributed by atoms with Crippen LogP contribution in [0.25, 0.3) is 0 Å². The highest BCUT2D eigenvalue weighted by molar-refractivity contribution is 5.95. The van der Waals surface area contributed by atoms with E-state index in [0.717, 1.165) is 25.0 Å². The molecule has 0 unspecified atom stereocenters. The van der Waals surface area contributed by atoms with E-state index in [0.29, 0.717) is 18.9 Å². The monoisotopic (exact) mass is 277 g/mol. The number of amides is 1. The van der Waals surface area contributed by atoms with Gasteiger partial charge in [-0.25, -0.2) is 4.39 Å². The van der Waals surface area contributed by atoms with Gasteiger partial charge in [-0.3, -0.25) is 14.9 Å². The number of rotatable bonds is 3. The molecule has 6 nitrogen and oxygen atoms in total. The Labute approximate surface area is 114 Å². The average molecular weight is 277 g/mol. The molecule has 0 atom stereocenters. The number of nitro benzene ring substituents is 1. The topological polar surface area (TPSA) is 96.0 Å². The molecule has 0 radical (unpaired) electrons. The van der Waals surface area contributed by atoms with Crippen molar-refractivity contribution < 1.29 is 14.1 Å². The second-order valence-corrected chi connectivity index (χ2v) is 4.78. The van der Waals surface area contributed by atoms with Crippen LogP contribution < -0.4 is 5.32 Å². The zero-order chi connectivity index (χ0) is 14.8. The molecule has 0 saturated heterocycles. The molecule has 1 aliphatic rings. The van der Waals surface area contributed by atoms with Gasteiger partial charge in [-0.1, -0.05) is 0 Å². The van der Waals surface area contributed by atoms with Crippen molar-refractivity contribution in [1.29, 1.82) is 5.26 Å². The van der Waals surface area contributed by atoms with Crippen molar-refractivity contribution in [1.82, 2.24) is 5.32 Å². The molecule has 1 fully saturated rings. The van der Waals surface area contributed by atoms with Gasteiger partial charge in [-0.15, -0.1) is 0 Å². The highest BCUT2D eigenvalue weighted by Gasteiger charge is 2.36. The zero-order valence-corrected chi connectivity index (χ0v) is 10.6. The number of halogens is 1. The van der Waals surface area contributed by atoms with Gasteiger partial charge in [0, 0.05) is 6.07 Å². The smallest absolute Gasteiger partial charge is 0.272 e. The fraction of sp³-hybridized carbons (Fsp3) is 0.385. The van der Waals surface area contributed by atoms with Gasteiger partial charge in [0.05, 0.1) is 22.6 Å². The predicted molar refractivity (Wildman–Crippen MR) is 67.3 cm³/mol. The van der Waals surface area contributed by atoms with E-state index in [-0.39, 0.29) is 5.56 Å². The van der Waals surface area contributed by atoms with Gasteiger partial charge < -0.3 is 5.32 Å². The summed E-state index contributed by atoms with van der Waals surface area (Å²) in [7, 11) is 0. The second kappa shape index (κ2) is 5.25. The van der Waals surface area contributed by atoms with Gasteiger partial charge in [0.2, 0.25) is 0 Å². The van der Waals surface area contributed by atoms with E-state index in [1.165, 1.54) is 0 Å². The molecule has 1 amide bonds. The van der Waals surface area contributed by atoms with E-state index >= 15 is 0 Å². The van der Waals surface area contributed by atoms with Gasteiger partial charge in [-0.2, -0.15) is 5.26 Å². The Balaban J connectivity index is 2.22. The Hall–Kier alpha value is -2.49. The molecule has 2 rings (SSSR count). The van der Waals surface area contributed by atoms with Crippen molar-refractivity contribution in [2.75, 3.05) is 0 Å². The summed E-state index contributed by atoms with van der Waals surface area (Å²) in [5, 5.41) is 22.2. The molecule has 104 valence electrons.